The van der Waals surface area contributed by atoms with E-state index < -0.39 is 0 Å². The zero-order valence-corrected chi connectivity index (χ0v) is 34.4. The van der Waals surface area contributed by atoms with Crippen molar-refractivity contribution in [1.82, 2.24) is 19.1 Å². The molecule has 0 atom stereocenters. The van der Waals surface area contributed by atoms with Gasteiger partial charge >= 0.3 is 0 Å². The molecule has 0 N–H and O–H groups in total. The SMILES string of the molecule is Cn1c(-c2ccccc2)nc2ccc(-c3cccc4c(-c5ccc6ccccc6c5-c5ccccc5)c5cccc(-c6ccc7nc(-c8ccccc8)n(C)c7c6)c5cc34)cc21. The maximum absolute atomic E-state index is 5.09. The van der Waals surface area contributed by atoms with Crippen LogP contribution in [0.2, 0.25) is 0 Å². The molecular weight excluding hydrogens is 753 g/mol. The number of hydrogen-bond acceptors (Lipinski definition) is 2. The molecule has 4 nitrogen and oxygen atoms in total. The highest BCUT2D eigenvalue weighted by Gasteiger charge is 2.21. The monoisotopic (exact) mass is 792 g/mol. The highest BCUT2D eigenvalue weighted by atomic mass is 15.1. The maximum atomic E-state index is 5.09. The van der Waals surface area contributed by atoms with Crippen molar-refractivity contribution < 1.29 is 0 Å². The molecule has 12 aromatic rings. The quantitative estimate of drug-likeness (QED) is 0.157. The molecule has 2 aromatic heterocycles. The molecule has 0 aliphatic rings. The highest BCUT2D eigenvalue weighted by Crippen LogP contribution is 2.48. The number of imidazole rings is 2. The van der Waals surface area contributed by atoms with Crippen molar-refractivity contribution >= 4 is 54.4 Å². The van der Waals surface area contributed by atoms with E-state index in [9.17, 15) is 0 Å². The van der Waals surface area contributed by atoms with Crippen LogP contribution < -0.4 is 0 Å². The minimum absolute atomic E-state index is 0.958. The molecule has 0 aliphatic carbocycles. The number of benzene rings is 10. The second-order valence-electron chi connectivity index (χ2n) is 16.3. The Morgan fingerprint density at radius 2 is 0.774 bits per heavy atom. The van der Waals surface area contributed by atoms with E-state index in [1.807, 2.05) is 12.1 Å². The summed E-state index contributed by atoms with van der Waals surface area (Å²) in [6.07, 6.45) is 0. The molecule has 10 aromatic carbocycles. The number of aromatic nitrogens is 4. The smallest absolute Gasteiger partial charge is 0.140 e. The van der Waals surface area contributed by atoms with Gasteiger partial charge in [0.2, 0.25) is 0 Å². The highest BCUT2D eigenvalue weighted by molar-refractivity contribution is 6.22. The van der Waals surface area contributed by atoms with Crippen LogP contribution in [0.15, 0.2) is 206 Å². The summed E-state index contributed by atoms with van der Waals surface area (Å²) in [6.45, 7) is 0. The standard InChI is InChI=1S/C58H40N4/c1-61-53-34-41(29-32-51(53)59-57(61)39-19-8-4-9-20-39)43-24-14-26-46-49(43)36-50-44(42-30-33-52-54(35-42)62(2)58(60-52)40-21-10-5-11-22-40)25-15-27-47(50)56(46)48-31-28-37-16-12-13-23-45(37)55(48)38-17-6-3-7-18-38/h3-36H,1-2H3. The molecular formula is C58H40N4. The van der Waals surface area contributed by atoms with Gasteiger partial charge in [0, 0.05) is 25.2 Å². The van der Waals surface area contributed by atoms with Crippen LogP contribution >= 0.6 is 0 Å². The van der Waals surface area contributed by atoms with E-state index in [2.05, 4.69) is 217 Å². The number of hydrogen-bond donors (Lipinski definition) is 0. The second-order valence-corrected chi connectivity index (χ2v) is 16.3. The van der Waals surface area contributed by atoms with Crippen molar-refractivity contribution in [3.63, 3.8) is 0 Å². The summed E-state index contributed by atoms with van der Waals surface area (Å²) in [5, 5.41) is 7.29. The van der Waals surface area contributed by atoms with E-state index in [0.717, 1.165) is 56.0 Å². The van der Waals surface area contributed by atoms with Crippen LogP contribution in [0.4, 0.5) is 0 Å². The lowest BCUT2D eigenvalue weighted by Crippen LogP contribution is -1.94. The topological polar surface area (TPSA) is 35.6 Å². The lowest BCUT2D eigenvalue weighted by Gasteiger charge is -2.20. The van der Waals surface area contributed by atoms with Gasteiger partial charge in [-0.05, 0) is 107 Å². The Hall–Kier alpha value is -8.08. The minimum atomic E-state index is 0.958. The third kappa shape index (κ3) is 5.68. The average molecular weight is 793 g/mol. The van der Waals surface area contributed by atoms with Gasteiger partial charge in [-0.2, -0.15) is 0 Å². The van der Waals surface area contributed by atoms with E-state index >= 15 is 0 Å². The van der Waals surface area contributed by atoms with Gasteiger partial charge < -0.3 is 9.13 Å². The fourth-order valence-corrected chi connectivity index (χ4v) is 9.76. The van der Waals surface area contributed by atoms with Crippen LogP contribution in [0, 0.1) is 0 Å². The molecule has 0 saturated carbocycles. The molecule has 0 amide bonds. The van der Waals surface area contributed by atoms with E-state index in [4.69, 9.17) is 9.97 Å². The minimum Gasteiger partial charge on any atom is -0.327 e. The van der Waals surface area contributed by atoms with E-state index in [1.165, 1.54) is 65.7 Å². The van der Waals surface area contributed by atoms with Gasteiger partial charge in [0.15, 0.2) is 0 Å². The average Bonchev–Trinajstić information content (AvgIpc) is 3.85. The van der Waals surface area contributed by atoms with Gasteiger partial charge in [0.05, 0.1) is 22.1 Å². The van der Waals surface area contributed by atoms with Crippen molar-refractivity contribution in [1.29, 1.82) is 0 Å². The van der Waals surface area contributed by atoms with Crippen LogP contribution in [0.25, 0.3) is 122 Å². The number of nitrogens with zero attached hydrogens (tertiary/aromatic N) is 4. The summed E-state index contributed by atoms with van der Waals surface area (Å²) in [4.78, 5) is 10.2. The van der Waals surface area contributed by atoms with Crippen LogP contribution in [0.5, 0.6) is 0 Å². The second kappa shape index (κ2) is 14.3. The first kappa shape index (κ1) is 35.8. The zero-order valence-electron chi connectivity index (χ0n) is 34.4. The van der Waals surface area contributed by atoms with Gasteiger partial charge in [-0.3, -0.25) is 0 Å². The van der Waals surface area contributed by atoms with E-state index in [-0.39, 0.29) is 0 Å². The summed E-state index contributed by atoms with van der Waals surface area (Å²) in [7, 11) is 4.24. The first-order valence-electron chi connectivity index (χ1n) is 21.2. The summed E-state index contributed by atoms with van der Waals surface area (Å²) >= 11 is 0. The molecule has 0 fully saturated rings. The molecule has 12 rings (SSSR count). The predicted octanol–water partition coefficient (Wildman–Crippen LogP) is 14.9. The molecule has 2 heterocycles. The lowest BCUT2D eigenvalue weighted by molar-refractivity contribution is 0.959. The fourth-order valence-electron chi connectivity index (χ4n) is 9.76. The van der Waals surface area contributed by atoms with Gasteiger partial charge in [-0.15, -0.1) is 0 Å². The molecule has 4 heteroatoms. The number of rotatable bonds is 6. The number of fused-ring (bicyclic) bond motifs is 5. The van der Waals surface area contributed by atoms with E-state index in [1.54, 1.807) is 0 Å². The van der Waals surface area contributed by atoms with Crippen molar-refractivity contribution in [2.75, 3.05) is 0 Å². The Kier molecular flexibility index (Phi) is 8.26. The Morgan fingerprint density at radius 3 is 1.31 bits per heavy atom. The molecule has 0 bridgehead atoms. The largest absolute Gasteiger partial charge is 0.327 e. The van der Waals surface area contributed by atoms with Gasteiger partial charge in [-0.25, -0.2) is 9.97 Å². The van der Waals surface area contributed by atoms with Gasteiger partial charge in [-0.1, -0.05) is 176 Å². The van der Waals surface area contributed by atoms with Crippen LogP contribution in [0.3, 0.4) is 0 Å². The molecule has 0 saturated heterocycles. The van der Waals surface area contributed by atoms with Crippen molar-refractivity contribution in [2.45, 2.75) is 0 Å². The molecule has 0 aliphatic heterocycles. The zero-order chi connectivity index (χ0) is 41.3. The first-order valence-corrected chi connectivity index (χ1v) is 21.2. The summed E-state index contributed by atoms with van der Waals surface area (Å²) in [5.41, 5.74) is 15.9. The van der Waals surface area contributed by atoms with Gasteiger partial charge in [0.25, 0.3) is 0 Å². The van der Waals surface area contributed by atoms with Crippen molar-refractivity contribution in [2.24, 2.45) is 14.1 Å². The molecule has 292 valence electrons. The predicted molar refractivity (Wildman–Crippen MR) is 260 cm³/mol. The summed E-state index contributed by atoms with van der Waals surface area (Å²) in [5.74, 6) is 1.92. The Morgan fingerprint density at radius 1 is 0.306 bits per heavy atom. The van der Waals surface area contributed by atoms with E-state index in [0.29, 0.717) is 0 Å². The van der Waals surface area contributed by atoms with Crippen molar-refractivity contribution in [3.8, 4) is 67.3 Å². The fraction of sp³-hybridized carbons (Fsp3) is 0.0345. The molecule has 0 spiro atoms. The first-order chi connectivity index (χ1) is 30.6. The molecule has 0 radical (unpaired) electrons. The maximum Gasteiger partial charge on any atom is 0.140 e. The Bertz CT molecular complexity index is 3510. The normalized spacial score (nSPS) is 11.7. The Balaban J connectivity index is 1.15. The summed E-state index contributed by atoms with van der Waals surface area (Å²) in [6, 6.07) is 74.7. The van der Waals surface area contributed by atoms with Gasteiger partial charge in [0.1, 0.15) is 11.6 Å². The van der Waals surface area contributed by atoms with Crippen LogP contribution in [0.1, 0.15) is 0 Å². The van der Waals surface area contributed by atoms with Crippen LogP contribution in [-0.4, -0.2) is 19.1 Å². The van der Waals surface area contributed by atoms with Crippen molar-refractivity contribution in [3.05, 3.63) is 206 Å². The lowest BCUT2D eigenvalue weighted by atomic mass is 9.83. The Labute approximate surface area is 359 Å². The number of aryl methyl sites for hydroxylation is 2. The third-order valence-corrected chi connectivity index (χ3v) is 12.7. The molecule has 62 heavy (non-hydrogen) atoms. The third-order valence-electron chi connectivity index (χ3n) is 12.7. The van der Waals surface area contributed by atoms with Crippen LogP contribution in [-0.2, 0) is 14.1 Å². The summed E-state index contributed by atoms with van der Waals surface area (Å²) < 4.78 is 4.44. The molecule has 0 unspecified atom stereocenters.